The van der Waals surface area contributed by atoms with E-state index >= 15 is 0 Å². The van der Waals surface area contributed by atoms with Gasteiger partial charge >= 0.3 is 0 Å². The van der Waals surface area contributed by atoms with Crippen molar-refractivity contribution in [2.24, 2.45) is 0 Å². The van der Waals surface area contributed by atoms with Crippen molar-refractivity contribution in [2.75, 3.05) is 13.2 Å². The van der Waals surface area contributed by atoms with E-state index in [2.05, 4.69) is 5.32 Å². The number of rotatable bonds is 4. The lowest BCUT2D eigenvalue weighted by Gasteiger charge is -2.12. The molecule has 0 amide bonds. The molecule has 1 aromatic rings. The molecule has 0 aromatic heterocycles. The minimum atomic E-state index is -0.335. The van der Waals surface area contributed by atoms with Gasteiger partial charge in [0, 0.05) is 17.6 Å². The number of halogens is 2. The summed E-state index contributed by atoms with van der Waals surface area (Å²) in [5.41, 5.74) is 1.12. The van der Waals surface area contributed by atoms with Crippen LogP contribution >= 0.6 is 11.6 Å². The first kappa shape index (κ1) is 10.5. The van der Waals surface area contributed by atoms with E-state index in [1.54, 1.807) is 0 Å². The van der Waals surface area contributed by atoms with Crippen molar-refractivity contribution in [2.45, 2.75) is 13.0 Å². The predicted octanol–water partition coefficient (Wildman–Crippen LogP) is 2.96. The molecule has 1 N–H and O–H groups in total. The largest absolute Gasteiger partial charge is 0.308 e. The SMILES string of the molecule is C[C@@H](NCCF)c1ccc(Cl)cc1. The Morgan fingerprint density at radius 3 is 2.54 bits per heavy atom. The van der Waals surface area contributed by atoms with Crippen molar-refractivity contribution < 1.29 is 4.39 Å². The smallest absolute Gasteiger partial charge is 0.102 e. The van der Waals surface area contributed by atoms with Crippen molar-refractivity contribution in [3.63, 3.8) is 0 Å². The number of hydrogen-bond acceptors (Lipinski definition) is 1. The lowest BCUT2D eigenvalue weighted by atomic mass is 10.1. The molecule has 0 aliphatic rings. The Hall–Kier alpha value is -0.600. The molecule has 0 aliphatic carbocycles. The van der Waals surface area contributed by atoms with Crippen LogP contribution < -0.4 is 5.32 Å². The van der Waals surface area contributed by atoms with E-state index in [4.69, 9.17) is 11.6 Å². The molecule has 13 heavy (non-hydrogen) atoms. The van der Waals surface area contributed by atoms with Gasteiger partial charge in [-0.05, 0) is 24.6 Å². The van der Waals surface area contributed by atoms with E-state index in [9.17, 15) is 4.39 Å². The number of benzene rings is 1. The Labute approximate surface area is 82.9 Å². The fraction of sp³-hybridized carbons (Fsp3) is 0.400. The normalized spacial score (nSPS) is 12.8. The van der Waals surface area contributed by atoms with Crippen LogP contribution in [0.4, 0.5) is 4.39 Å². The molecule has 0 bridgehead atoms. The van der Waals surface area contributed by atoms with Crippen LogP contribution in [0.25, 0.3) is 0 Å². The van der Waals surface area contributed by atoms with Gasteiger partial charge in [-0.25, -0.2) is 4.39 Å². The quantitative estimate of drug-likeness (QED) is 0.790. The van der Waals surface area contributed by atoms with Gasteiger partial charge in [-0.15, -0.1) is 0 Å². The zero-order chi connectivity index (χ0) is 9.68. The molecule has 1 nitrogen and oxygen atoms in total. The summed E-state index contributed by atoms with van der Waals surface area (Å²) in [5, 5.41) is 3.77. The van der Waals surface area contributed by atoms with E-state index in [-0.39, 0.29) is 12.7 Å². The number of nitrogens with one attached hydrogen (secondary N) is 1. The van der Waals surface area contributed by atoms with Gasteiger partial charge in [-0.2, -0.15) is 0 Å². The lowest BCUT2D eigenvalue weighted by Crippen LogP contribution is -2.20. The van der Waals surface area contributed by atoms with Gasteiger partial charge in [0.1, 0.15) is 6.67 Å². The molecule has 0 aliphatic heterocycles. The second-order valence-electron chi connectivity index (χ2n) is 2.92. The lowest BCUT2D eigenvalue weighted by molar-refractivity contribution is 0.444. The first-order valence-corrected chi connectivity index (χ1v) is 4.66. The number of hydrogen-bond donors (Lipinski definition) is 1. The highest BCUT2D eigenvalue weighted by Crippen LogP contribution is 2.15. The molecule has 0 unspecified atom stereocenters. The van der Waals surface area contributed by atoms with Gasteiger partial charge in [-0.3, -0.25) is 0 Å². The molecule has 1 rings (SSSR count). The zero-order valence-corrected chi connectivity index (χ0v) is 8.31. The van der Waals surface area contributed by atoms with Gasteiger partial charge in [0.05, 0.1) is 0 Å². The van der Waals surface area contributed by atoms with Crippen LogP contribution in [0.1, 0.15) is 18.5 Å². The Kier molecular flexibility index (Phi) is 4.19. The fourth-order valence-corrected chi connectivity index (χ4v) is 1.27. The summed E-state index contributed by atoms with van der Waals surface area (Å²) in [4.78, 5) is 0. The highest BCUT2D eigenvalue weighted by atomic mass is 35.5. The Bertz CT molecular complexity index is 248. The van der Waals surface area contributed by atoms with Crippen molar-refractivity contribution in [3.05, 3.63) is 34.9 Å². The Morgan fingerprint density at radius 2 is 2.00 bits per heavy atom. The highest BCUT2D eigenvalue weighted by molar-refractivity contribution is 6.30. The van der Waals surface area contributed by atoms with Crippen LogP contribution in [0.15, 0.2) is 24.3 Å². The van der Waals surface area contributed by atoms with Crippen LogP contribution in [0.5, 0.6) is 0 Å². The molecular formula is C10H13ClFN. The summed E-state index contributed by atoms with van der Waals surface area (Å²) >= 11 is 5.74. The molecule has 0 heterocycles. The molecule has 0 saturated carbocycles. The third-order valence-corrected chi connectivity index (χ3v) is 2.17. The standard InChI is InChI=1S/C10H13ClFN/c1-8(13-7-6-12)9-2-4-10(11)5-3-9/h2-5,8,13H,6-7H2,1H3/t8-/m1/s1. The zero-order valence-electron chi connectivity index (χ0n) is 7.56. The van der Waals surface area contributed by atoms with Gasteiger partial charge < -0.3 is 5.32 Å². The molecule has 0 spiro atoms. The second-order valence-corrected chi connectivity index (χ2v) is 3.35. The maximum absolute atomic E-state index is 11.8. The minimum Gasteiger partial charge on any atom is -0.308 e. The van der Waals surface area contributed by atoms with Crippen molar-refractivity contribution in [3.8, 4) is 0 Å². The Balaban J connectivity index is 2.55. The average Bonchev–Trinajstić information content (AvgIpc) is 2.15. The van der Waals surface area contributed by atoms with Gasteiger partial charge in [0.2, 0.25) is 0 Å². The molecule has 0 saturated heterocycles. The monoisotopic (exact) mass is 201 g/mol. The summed E-state index contributed by atoms with van der Waals surface area (Å²) in [6, 6.07) is 7.74. The van der Waals surface area contributed by atoms with E-state index in [0.717, 1.165) is 10.6 Å². The summed E-state index contributed by atoms with van der Waals surface area (Å²) < 4.78 is 11.8. The molecule has 0 fully saturated rings. The number of alkyl halides is 1. The van der Waals surface area contributed by atoms with Crippen LogP contribution in [0.3, 0.4) is 0 Å². The first-order valence-electron chi connectivity index (χ1n) is 4.29. The average molecular weight is 202 g/mol. The predicted molar refractivity (Wildman–Crippen MR) is 53.8 cm³/mol. The van der Waals surface area contributed by atoms with E-state index < -0.39 is 0 Å². The van der Waals surface area contributed by atoms with Crippen LogP contribution in [-0.2, 0) is 0 Å². The third kappa shape index (κ3) is 3.33. The van der Waals surface area contributed by atoms with Crippen LogP contribution in [0.2, 0.25) is 5.02 Å². The molecule has 1 atom stereocenters. The van der Waals surface area contributed by atoms with Crippen LogP contribution in [0, 0.1) is 0 Å². The van der Waals surface area contributed by atoms with Crippen LogP contribution in [-0.4, -0.2) is 13.2 Å². The summed E-state index contributed by atoms with van der Waals surface area (Å²) in [6.45, 7) is 2.06. The van der Waals surface area contributed by atoms with Crippen molar-refractivity contribution in [1.82, 2.24) is 5.32 Å². The molecule has 72 valence electrons. The third-order valence-electron chi connectivity index (χ3n) is 1.92. The summed E-state index contributed by atoms with van der Waals surface area (Å²) in [7, 11) is 0. The van der Waals surface area contributed by atoms with E-state index in [1.807, 2.05) is 31.2 Å². The van der Waals surface area contributed by atoms with Crippen molar-refractivity contribution >= 4 is 11.6 Å². The minimum absolute atomic E-state index is 0.174. The molecule has 3 heteroatoms. The topological polar surface area (TPSA) is 12.0 Å². The first-order chi connectivity index (χ1) is 6.24. The van der Waals surface area contributed by atoms with Crippen molar-refractivity contribution in [1.29, 1.82) is 0 Å². The highest BCUT2D eigenvalue weighted by Gasteiger charge is 2.02. The molecular weight excluding hydrogens is 189 g/mol. The van der Waals surface area contributed by atoms with E-state index in [0.29, 0.717) is 6.54 Å². The van der Waals surface area contributed by atoms with Gasteiger partial charge in [0.15, 0.2) is 0 Å². The molecule has 0 radical (unpaired) electrons. The van der Waals surface area contributed by atoms with E-state index in [1.165, 1.54) is 0 Å². The molecule has 1 aromatic carbocycles. The maximum atomic E-state index is 11.8. The van der Waals surface area contributed by atoms with Gasteiger partial charge in [0.25, 0.3) is 0 Å². The maximum Gasteiger partial charge on any atom is 0.102 e. The van der Waals surface area contributed by atoms with Gasteiger partial charge in [-0.1, -0.05) is 23.7 Å². The summed E-state index contributed by atoms with van der Waals surface area (Å²) in [6.07, 6.45) is 0. The fourth-order valence-electron chi connectivity index (χ4n) is 1.14. The second kappa shape index (κ2) is 5.20. The Morgan fingerprint density at radius 1 is 1.38 bits per heavy atom. The summed E-state index contributed by atoms with van der Waals surface area (Å²) in [5.74, 6) is 0.